The van der Waals surface area contributed by atoms with Gasteiger partial charge in [0.2, 0.25) is 0 Å². The van der Waals surface area contributed by atoms with Crippen molar-refractivity contribution < 1.29 is 0 Å². The van der Waals surface area contributed by atoms with E-state index >= 15 is 0 Å². The van der Waals surface area contributed by atoms with E-state index in [0.717, 1.165) is 28.8 Å². The highest BCUT2D eigenvalue weighted by Gasteiger charge is 2.28. The van der Waals surface area contributed by atoms with Gasteiger partial charge in [0, 0.05) is 30.1 Å². The summed E-state index contributed by atoms with van der Waals surface area (Å²) in [5.41, 5.74) is 8.17. The summed E-state index contributed by atoms with van der Waals surface area (Å²) < 4.78 is 0. The van der Waals surface area contributed by atoms with E-state index in [4.69, 9.17) is 22.3 Å². The number of rotatable bonds is 4. The predicted octanol–water partition coefficient (Wildman–Crippen LogP) is 3.53. The van der Waals surface area contributed by atoms with Crippen molar-refractivity contribution in [2.24, 2.45) is 0 Å². The zero-order valence-electron chi connectivity index (χ0n) is 12.3. The van der Waals surface area contributed by atoms with Gasteiger partial charge < -0.3 is 10.6 Å². The van der Waals surface area contributed by atoms with Gasteiger partial charge in [-0.25, -0.2) is 9.97 Å². The van der Waals surface area contributed by atoms with E-state index in [2.05, 4.69) is 9.88 Å². The molecule has 0 atom stereocenters. The zero-order valence-corrected chi connectivity index (χ0v) is 13.1. The summed E-state index contributed by atoms with van der Waals surface area (Å²) in [5.74, 6) is 2.89. The number of nitrogen functional groups attached to an aromatic ring is 1. The molecule has 1 aromatic carbocycles. The first-order valence-corrected chi connectivity index (χ1v) is 7.52. The van der Waals surface area contributed by atoms with Crippen LogP contribution in [0.1, 0.15) is 35.7 Å². The highest BCUT2D eigenvalue weighted by molar-refractivity contribution is 6.30. The van der Waals surface area contributed by atoms with E-state index < -0.39 is 0 Å². The number of hydrogen-bond acceptors (Lipinski definition) is 4. The smallest absolute Gasteiger partial charge is 0.137 e. The Morgan fingerprint density at radius 1 is 1.24 bits per heavy atom. The van der Waals surface area contributed by atoms with E-state index in [9.17, 15) is 0 Å². The minimum absolute atomic E-state index is 0.496. The summed E-state index contributed by atoms with van der Waals surface area (Å²) in [5, 5.41) is 0.750. The molecule has 0 spiro atoms. The first kappa shape index (κ1) is 14.1. The Balaban J connectivity index is 1.86. The van der Waals surface area contributed by atoms with Crippen molar-refractivity contribution in [1.29, 1.82) is 0 Å². The minimum atomic E-state index is 0.496. The lowest BCUT2D eigenvalue weighted by molar-refractivity contribution is 0.848. The Labute approximate surface area is 130 Å². The lowest BCUT2D eigenvalue weighted by Gasteiger charge is -2.21. The second-order valence-electron chi connectivity index (χ2n) is 5.67. The van der Waals surface area contributed by atoms with E-state index in [1.807, 2.05) is 38.2 Å². The van der Waals surface area contributed by atoms with Crippen molar-refractivity contribution in [3.05, 3.63) is 46.2 Å². The molecule has 0 radical (unpaired) electrons. The fourth-order valence-corrected chi connectivity index (χ4v) is 2.50. The molecule has 0 unspecified atom stereocenters. The van der Waals surface area contributed by atoms with Crippen LogP contribution in [0.3, 0.4) is 0 Å². The third kappa shape index (κ3) is 3.10. The average Bonchev–Trinajstić information content (AvgIpc) is 3.28. The van der Waals surface area contributed by atoms with Crippen molar-refractivity contribution in [3.8, 4) is 0 Å². The molecule has 1 saturated carbocycles. The average molecular weight is 303 g/mol. The Hall–Kier alpha value is -1.81. The van der Waals surface area contributed by atoms with Crippen LogP contribution in [-0.2, 0) is 6.54 Å². The Bertz CT molecular complexity index is 650. The number of benzene rings is 1. The van der Waals surface area contributed by atoms with E-state index in [0.29, 0.717) is 11.7 Å². The van der Waals surface area contributed by atoms with Crippen LogP contribution >= 0.6 is 11.6 Å². The van der Waals surface area contributed by atoms with Crippen molar-refractivity contribution in [2.75, 3.05) is 17.7 Å². The van der Waals surface area contributed by atoms with Crippen LogP contribution in [0, 0.1) is 6.92 Å². The maximum absolute atomic E-state index is 6.04. The van der Waals surface area contributed by atoms with Crippen LogP contribution < -0.4 is 10.6 Å². The van der Waals surface area contributed by atoms with Crippen molar-refractivity contribution in [1.82, 2.24) is 9.97 Å². The molecule has 0 bridgehead atoms. The zero-order chi connectivity index (χ0) is 15.0. The first-order chi connectivity index (χ1) is 10.0. The van der Waals surface area contributed by atoms with E-state index in [1.54, 1.807) is 0 Å². The molecule has 2 N–H and O–H groups in total. The lowest BCUT2D eigenvalue weighted by atomic mass is 10.2. The molecule has 3 rings (SSSR count). The second-order valence-corrected chi connectivity index (χ2v) is 6.11. The Morgan fingerprint density at radius 3 is 2.52 bits per heavy atom. The molecule has 1 fully saturated rings. The maximum Gasteiger partial charge on any atom is 0.137 e. The topological polar surface area (TPSA) is 55.0 Å². The van der Waals surface area contributed by atoms with Crippen LogP contribution in [0.4, 0.5) is 11.6 Å². The van der Waals surface area contributed by atoms with Gasteiger partial charge in [-0.1, -0.05) is 23.7 Å². The number of nitrogens with two attached hydrogens (primary N) is 1. The minimum Gasteiger partial charge on any atom is -0.383 e. The molecule has 5 heteroatoms. The molecule has 1 heterocycles. The molecular formula is C16H19ClN4. The van der Waals surface area contributed by atoms with Crippen molar-refractivity contribution in [2.45, 2.75) is 32.2 Å². The van der Waals surface area contributed by atoms with Crippen molar-refractivity contribution >= 4 is 23.2 Å². The van der Waals surface area contributed by atoms with Gasteiger partial charge in [-0.3, -0.25) is 0 Å². The van der Waals surface area contributed by atoms with Gasteiger partial charge in [0.1, 0.15) is 17.5 Å². The van der Waals surface area contributed by atoms with Gasteiger partial charge in [0.15, 0.2) is 0 Å². The summed E-state index contributed by atoms with van der Waals surface area (Å²) >= 11 is 5.92. The molecular weight excluding hydrogens is 284 g/mol. The molecule has 1 aromatic heterocycles. The molecule has 21 heavy (non-hydrogen) atoms. The van der Waals surface area contributed by atoms with E-state index in [-0.39, 0.29) is 0 Å². The third-order valence-electron chi connectivity index (χ3n) is 3.81. The van der Waals surface area contributed by atoms with E-state index in [1.165, 1.54) is 18.4 Å². The summed E-state index contributed by atoms with van der Waals surface area (Å²) in [7, 11) is 2.03. The summed E-state index contributed by atoms with van der Waals surface area (Å²) in [6, 6.07) is 7.87. The van der Waals surface area contributed by atoms with Gasteiger partial charge in [0.05, 0.1) is 0 Å². The number of halogens is 1. The van der Waals surface area contributed by atoms with Gasteiger partial charge in [-0.15, -0.1) is 0 Å². The van der Waals surface area contributed by atoms with Crippen LogP contribution in [0.5, 0.6) is 0 Å². The number of nitrogens with zero attached hydrogens (tertiary/aromatic N) is 3. The molecule has 110 valence electrons. The predicted molar refractivity (Wildman–Crippen MR) is 86.7 cm³/mol. The fourth-order valence-electron chi connectivity index (χ4n) is 2.37. The van der Waals surface area contributed by atoms with Crippen LogP contribution in [0.25, 0.3) is 0 Å². The van der Waals surface area contributed by atoms with Crippen LogP contribution in [0.15, 0.2) is 24.3 Å². The van der Waals surface area contributed by atoms with Crippen molar-refractivity contribution in [3.63, 3.8) is 0 Å². The third-order valence-corrected chi connectivity index (χ3v) is 4.06. The normalized spacial score (nSPS) is 14.2. The quantitative estimate of drug-likeness (QED) is 0.938. The SMILES string of the molecule is Cc1c(N)nc(C2CC2)nc1N(C)Cc1ccc(Cl)cc1. The first-order valence-electron chi connectivity index (χ1n) is 7.14. The number of aromatic nitrogens is 2. The van der Waals surface area contributed by atoms with Gasteiger partial charge in [-0.05, 0) is 37.5 Å². The molecule has 0 saturated heterocycles. The number of hydrogen-bond donors (Lipinski definition) is 1. The molecule has 1 aliphatic carbocycles. The summed E-state index contributed by atoms with van der Waals surface area (Å²) in [6.45, 7) is 2.73. The Kier molecular flexibility index (Phi) is 3.72. The second kappa shape index (κ2) is 5.53. The highest BCUT2D eigenvalue weighted by atomic mass is 35.5. The largest absolute Gasteiger partial charge is 0.383 e. The molecule has 4 nitrogen and oxygen atoms in total. The molecule has 2 aromatic rings. The van der Waals surface area contributed by atoms with Crippen LogP contribution in [-0.4, -0.2) is 17.0 Å². The number of anilines is 2. The standard InChI is InChI=1S/C16H19ClN4/c1-10-14(18)19-15(12-5-6-12)20-16(10)21(2)9-11-3-7-13(17)8-4-11/h3-4,7-8,12H,5-6,9H2,1-2H3,(H2,18,19,20). The van der Waals surface area contributed by atoms with Gasteiger partial charge in [-0.2, -0.15) is 0 Å². The Morgan fingerprint density at radius 2 is 1.90 bits per heavy atom. The van der Waals surface area contributed by atoms with Crippen LogP contribution in [0.2, 0.25) is 5.02 Å². The monoisotopic (exact) mass is 302 g/mol. The molecule has 0 amide bonds. The fraction of sp³-hybridized carbons (Fsp3) is 0.375. The van der Waals surface area contributed by atoms with Gasteiger partial charge >= 0.3 is 0 Å². The summed E-state index contributed by atoms with van der Waals surface area (Å²) in [4.78, 5) is 11.3. The molecule has 0 aliphatic heterocycles. The molecule has 1 aliphatic rings. The lowest BCUT2D eigenvalue weighted by Crippen LogP contribution is -2.20. The van der Waals surface area contributed by atoms with Gasteiger partial charge in [0.25, 0.3) is 0 Å². The summed E-state index contributed by atoms with van der Waals surface area (Å²) in [6.07, 6.45) is 2.34. The highest BCUT2D eigenvalue weighted by Crippen LogP contribution is 2.39. The maximum atomic E-state index is 6.04.